The van der Waals surface area contributed by atoms with E-state index in [0.717, 1.165) is 4.57 Å². The Kier molecular flexibility index (Phi) is 3.13. The summed E-state index contributed by atoms with van der Waals surface area (Å²) in [6.07, 6.45) is 1.70. The van der Waals surface area contributed by atoms with E-state index in [1.165, 1.54) is 13.4 Å². The fourth-order valence-corrected chi connectivity index (χ4v) is 1.41. The fourth-order valence-electron chi connectivity index (χ4n) is 1.41. The summed E-state index contributed by atoms with van der Waals surface area (Å²) in [4.78, 5) is 28.8. The van der Waals surface area contributed by atoms with Crippen LogP contribution < -0.4 is 22.3 Å². The van der Waals surface area contributed by atoms with E-state index < -0.39 is 11.2 Å². The average molecular weight is 252 g/mol. The highest BCUT2D eigenvalue weighted by atomic mass is 16.5. The van der Waals surface area contributed by atoms with Crippen LogP contribution in [0.2, 0.25) is 0 Å². The number of H-pyrrole nitrogens is 1. The number of nitrogens with two attached hydrogens (primary N) is 1. The van der Waals surface area contributed by atoms with Crippen molar-refractivity contribution in [3.63, 3.8) is 0 Å². The maximum Gasteiger partial charge on any atom is 0.329 e. The highest BCUT2D eigenvalue weighted by molar-refractivity contribution is 5.60. The number of aromatic amines is 1. The molecule has 9 heteroatoms. The minimum Gasteiger partial charge on any atom is -0.383 e. The van der Waals surface area contributed by atoms with Crippen LogP contribution in [-0.4, -0.2) is 26.2 Å². The molecule has 0 spiro atoms. The molecule has 0 saturated carbocycles. The van der Waals surface area contributed by atoms with Gasteiger partial charge in [-0.05, 0) is 0 Å². The minimum atomic E-state index is -0.554. The molecule has 0 unspecified atom stereocenters. The van der Waals surface area contributed by atoms with Gasteiger partial charge in [0.05, 0.1) is 0 Å². The molecule has 0 aromatic carbocycles. The average Bonchev–Trinajstić information content (AvgIpc) is 2.84. The Morgan fingerprint density at radius 3 is 3.00 bits per heavy atom. The minimum absolute atomic E-state index is 0.0804. The van der Waals surface area contributed by atoms with Crippen molar-refractivity contribution in [2.45, 2.75) is 6.42 Å². The number of anilines is 2. The van der Waals surface area contributed by atoms with E-state index in [1.54, 1.807) is 0 Å². The third kappa shape index (κ3) is 2.24. The van der Waals surface area contributed by atoms with Crippen LogP contribution in [0, 0.1) is 0 Å². The predicted octanol–water partition coefficient (Wildman–Crippen LogP) is -1.31. The summed E-state index contributed by atoms with van der Waals surface area (Å²) in [6.45, 7) is 0.394. The Balaban J connectivity index is 2.12. The Labute approximate surface area is 101 Å². The van der Waals surface area contributed by atoms with Crippen LogP contribution in [-0.2, 0) is 13.5 Å². The van der Waals surface area contributed by atoms with Crippen LogP contribution in [0.1, 0.15) is 5.82 Å². The Bertz CT molecular complexity index is 641. The summed E-state index contributed by atoms with van der Waals surface area (Å²) in [7, 11) is 1.47. The molecule has 2 aromatic heterocycles. The first-order chi connectivity index (χ1) is 8.59. The van der Waals surface area contributed by atoms with E-state index in [2.05, 4.69) is 25.0 Å². The third-order valence-electron chi connectivity index (χ3n) is 2.43. The number of nitrogen functional groups attached to an aromatic ring is 1. The second-order valence-corrected chi connectivity index (χ2v) is 3.60. The van der Waals surface area contributed by atoms with Gasteiger partial charge < -0.3 is 15.6 Å². The van der Waals surface area contributed by atoms with Crippen LogP contribution in [0.4, 0.5) is 11.5 Å². The number of hydrogen-bond acceptors (Lipinski definition) is 7. The lowest BCUT2D eigenvalue weighted by Crippen LogP contribution is -2.32. The van der Waals surface area contributed by atoms with Crippen molar-refractivity contribution in [3.05, 3.63) is 33.1 Å². The van der Waals surface area contributed by atoms with Gasteiger partial charge in [0.15, 0.2) is 5.82 Å². The van der Waals surface area contributed by atoms with Gasteiger partial charge in [0.25, 0.3) is 5.56 Å². The third-order valence-corrected chi connectivity index (χ3v) is 2.43. The Morgan fingerprint density at radius 1 is 1.56 bits per heavy atom. The summed E-state index contributed by atoms with van der Waals surface area (Å²) in [5, 5.41) is 6.46. The van der Waals surface area contributed by atoms with E-state index in [1.807, 2.05) is 0 Å². The molecule has 0 bridgehead atoms. The van der Waals surface area contributed by atoms with E-state index in [9.17, 15) is 9.59 Å². The smallest absolute Gasteiger partial charge is 0.329 e. The summed E-state index contributed by atoms with van der Waals surface area (Å²) >= 11 is 0. The van der Waals surface area contributed by atoms with Gasteiger partial charge in [-0.3, -0.25) is 14.3 Å². The Hall–Kier alpha value is -2.58. The SMILES string of the molecule is Cn1c(N)c(NCCc2ncon2)c(=O)[nH]c1=O. The second-order valence-electron chi connectivity index (χ2n) is 3.60. The molecule has 4 N–H and O–H groups in total. The highest BCUT2D eigenvalue weighted by Gasteiger charge is 2.09. The van der Waals surface area contributed by atoms with E-state index in [-0.39, 0.29) is 11.5 Å². The van der Waals surface area contributed by atoms with Gasteiger partial charge in [-0.15, -0.1) is 0 Å². The molecule has 9 nitrogen and oxygen atoms in total. The summed E-state index contributed by atoms with van der Waals surface area (Å²) in [6, 6.07) is 0. The fraction of sp³-hybridized carbons (Fsp3) is 0.333. The van der Waals surface area contributed by atoms with Crippen LogP contribution in [0.25, 0.3) is 0 Å². The summed E-state index contributed by atoms with van der Waals surface area (Å²) in [5.41, 5.74) is 4.72. The van der Waals surface area contributed by atoms with Gasteiger partial charge in [-0.25, -0.2) is 4.79 Å². The van der Waals surface area contributed by atoms with E-state index in [4.69, 9.17) is 5.73 Å². The van der Waals surface area contributed by atoms with Gasteiger partial charge in [-0.2, -0.15) is 4.98 Å². The van der Waals surface area contributed by atoms with Crippen molar-refractivity contribution in [1.82, 2.24) is 19.7 Å². The molecule has 0 radical (unpaired) electrons. The molecule has 18 heavy (non-hydrogen) atoms. The van der Waals surface area contributed by atoms with Gasteiger partial charge >= 0.3 is 5.69 Å². The zero-order valence-electron chi connectivity index (χ0n) is 9.64. The predicted molar refractivity (Wildman–Crippen MR) is 63.2 cm³/mol. The van der Waals surface area contributed by atoms with E-state index >= 15 is 0 Å². The molecule has 2 heterocycles. The number of aromatic nitrogens is 4. The molecule has 2 aromatic rings. The Morgan fingerprint density at radius 2 is 2.33 bits per heavy atom. The van der Waals surface area contributed by atoms with Crippen LogP contribution in [0.3, 0.4) is 0 Å². The van der Waals surface area contributed by atoms with Gasteiger partial charge in [0.2, 0.25) is 6.39 Å². The molecular weight excluding hydrogens is 240 g/mol. The number of rotatable bonds is 4. The van der Waals surface area contributed by atoms with Crippen molar-refractivity contribution in [1.29, 1.82) is 0 Å². The molecule has 96 valence electrons. The molecule has 0 fully saturated rings. The first-order valence-electron chi connectivity index (χ1n) is 5.17. The highest BCUT2D eigenvalue weighted by Crippen LogP contribution is 2.07. The zero-order chi connectivity index (χ0) is 13.1. The first-order valence-corrected chi connectivity index (χ1v) is 5.17. The molecule has 0 aliphatic rings. The lowest BCUT2D eigenvalue weighted by Gasteiger charge is -2.09. The molecule has 0 atom stereocenters. The summed E-state index contributed by atoms with van der Waals surface area (Å²) < 4.78 is 5.72. The van der Waals surface area contributed by atoms with Crippen molar-refractivity contribution in [3.8, 4) is 0 Å². The van der Waals surface area contributed by atoms with Crippen LogP contribution in [0.5, 0.6) is 0 Å². The van der Waals surface area contributed by atoms with Crippen LogP contribution in [0.15, 0.2) is 20.5 Å². The molecular formula is C9H12N6O3. The lowest BCUT2D eigenvalue weighted by molar-refractivity contribution is 0.410. The normalized spacial score (nSPS) is 10.5. The quantitative estimate of drug-likeness (QED) is 0.615. The molecule has 0 aliphatic carbocycles. The van der Waals surface area contributed by atoms with Gasteiger partial charge in [0.1, 0.15) is 11.5 Å². The molecule has 0 aliphatic heterocycles. The zero-order valence-corrected chi connectivity index (χ0v) is 9.64. The largest absolute Gasteiger partial charge is 0.383 e. The van der Waals surface area contributed by atoms with Gasteiger partial charge in [0, 0.05) is 20.0 Å². The molecule has 0 saturated heterocycles. The topological polar surface area (TPSA) is 132 Å². The number of nitrogens with zero attached hydrogens (tertiary/aromatic N) is 3. The summed E-state index contributed by atoms with van der Waals surface area (Å²) in [5.74, 6) is 0.596. The van der Waals surface area contributed by atoms with Gasteiger partial charge in [-0.1, -0.05) is 5.16 Å². The standard InChI is InChI=1S/C9H12N6O3/c1-15-7(10)6(8(16)13-9(15)17)11-3-2-5-12-4-18-14-5/h4,11H,2-3,10H2,1H3,(H,13,16,17). The van der Waals surface area contributed by atoms with Crippen molar-refractivity contribution in [2.75, 3.05) is 17.6 Å². The van der Waals surface area contributed by atoms with Crippen molar-refractivity contribution in [2.24, 2.45) is 7.05 Å². The number of nitrogens with one attached hydrogen (secondary N) is 2. The maximum absolute atomic E-state index is 11.5. The lowest BCUT2D eigenvalue weighted by atomic mass is 10.3. The van der Waals surface area contributed by atoms with E-state index in [0.29, 0.717) is 18.8 Å². The monoisotopic (exact) mass is 252 g/mol. The first kappa shape index (κ1) is 11.9. The molecule has 0 amide bonds. The van der Waals surface area contributed by atoms with Crippen molar-refractivity contribution < 1.29 is 4.52 Å². The maximum atomic E-state index is 11.5. The molecule has 2 rings (SSSR count). The number of hydrogen-bond donors (Lipinski definition) is 3. The second kappa shape index (κ2) is 4.73. The van der Waals surface area contributed by atoms with Crippen molar-refractivity contribution >= 4 is 11.5 Å². The van der Waals surface area contributed by atoms with Crippen LogP contribution >= 0.6 is 0 Å².